The number of amides is 1. The van der Waals surface area contributed by atoms with E-state index in [9.17, 15) is 4.79 Å². The summed E-state index contributed by atoms with van der Waals surface area (Å²) >= 11 is 0. The van der Waals surface area contributed by atoms with Gasteiger partial charge in [-0.25, -0.2) is 0 Å². The van der Waals surface area contributed by atoms with Gasteiger partial charge in [-0.3, -0.25) is 9.78 Å². The molecule has 5 heteroatoms. The molecular formula is C11H17N3O2. The molecule has 1 rings (SSSR count). The predicted octanol–water partition coefficient (Wildman–Crippen LogP) is -0.0201. The van der Waals surface area contributed by atoms with E-state index in [1.165, 1.54) is 7.11 Å². The summed E-state index contributed by atoms with van der Waals surface area (Å²) in [6, 6.07) is 5.03. The minimum atomic E-state index is -0.630. The van der Waals surface area contributed by atoms with Crippen LogP contribution in [0.15, 0.2) is 18.2 Å². The average molecular weight is 223 g/mol. The van der Waals surface area contributed by atoms with Crippen molar-refractivity contribution in [3.8, 4) is 0 Å². The number of nitrogens with one attached hydrogen (secondary N) is 1. The van der Waals surface area contributed by atoms with Crippen LogP contribution in [-0.4, -0.2) is 30.6 Å². The van der Waals surface area contributed by atoms with Crippen LogP contribution < -0.4 is 11.1 Å². The molecule has 1 heterocycles. The molecule has 88 valence electrons. The van der Waals surface area contributed by atoms with Crippen molar-refractivity contribution in [2.75, 3.05) is 13.7 Å². The van der Waals surface area contributed by atoms with E-state index in [1.807, 2.05) is 25.1 Å². The molecule has 5 nitrogen and oxygen atoms in total. The lowest BCUT2D eigenvalue weighted by molar-refractivity contribution is -0.123. The molecule has 0 saturated heterocycles. The first-order valence-electron chi connectivity index (χ1n) is 5.08. The van der Waals surface area contributed by atoms with Gasteiger partial charge in [0, 0.05) is 12.8 Å². The van der Waals surface area contributed by atoms with Crippen LogP contribution in [0.4, 0.5) is 0 Å². The van der Waals surface area contributed by atoms with Crippen LogP contribution in [0.1, 0.15) is 11.4 Å². The van der Waals surface area contributed by atoms with Crippen molar-refractivity contribution in [1.82, 2.24) is 10.3 Å². The second kappa shape index (κ2) is 6.19. The molecule has 0 aliphatic rings. The van der Waals surface area contributed by atoms with Crippen LogP contribution in [0.3, 0.4) is 0 Å². The standard InChI is InChI=1S/C11H17N3O2/c1-8-4-3-5-9(14-8)6-13-11(15)10(12)7-16-2/h3-5,10H,6-7,12H2,1-2H3,(H,13,15). The van der Waals surface area contributed by atoms with Gasteiger partial charge >= 0.3 is 0 Å². The third-order valence-electron chi connectivity index (χ3n) is 2.07. The number of aryl methyl sites for hydroxylation is 1. The zero-order chi connectivity index (χ0) is 12.0. The monoisotopic (exact) mass is 223 g/mol. The fourth-order valence-electron chi connectivity index (χ4n) is 1.26. The minimum absolute atomic E-state index is 0.215. The number of nitrogens with zero attached hydrogens (tertiary/aromatic N) is 1. The smallest absolute Gasteiger partial charge is 0.239 e. The quantitative estimate of drug-likeness (QED) is 0.735. The van der Waals surface area contributed by atoms with Crippen molar-refractivity contribution in [2.24, 2.45) is 5.73 Å². The topological polar surface area (TPSA) is 77.2 Å². The molecule has 0 bridgehead atoms. The summed E-state index contributed by atoms with van der Waals surface area (Å²) in [6.45, 7) is 2.51. The van der Waals surface area contributed by atoms with E-state index in [0.29, 0.717) is 6.54 Å². The molecule has 0 fully saturated rings. The number of methoxy groups -OCH3 is 1. The molecule has 1 aromatic rings. The number of carbonyl (C=O) groups is 1. The third-order valence-corrected chi connectivity index (χ3v) is 2.07. The zero-order valence-corrected chi connectivity index (χ0v) is 9.56. The van der Waals surface area contributed by atoms with Crippen molar-refractivity contribution in [1.29, 1.82) is 0 Å². The molecule has 1 unspecified atom stereocenters. The van der Waals surface area contributed by atoms with Crippen molar-refractivity contribution in [2.45, 2.75) is 19.5 Å². The van der Waals surface area contributed by atoms with Gasteiger partial charge < -0.3 is 15.8 Å². The first-order chi connectivity index (χ1) is 7.63. The Hall–Kier alpha value is -1.46. The number of nitrogens with two attached hydrogens (primary N) is 1. The second-order valence-electron chi connectivity index (χ2n) is 3.55. The highest BCUT2D eigenvalue weighted by molar-refractivity contribution is 5.81. The van der Waals surface area contributed by atoms with Gasteiger partial charge in [0.2, 0.25) is 5.91 Å². The SMILES string of the molecule is COCC(N)C(=O)NCc1cccc(C)n1. The first kappa shape index (κ1) is 12.6. The zero-order valence-electron chi connectivity index (χ0n) is 9.56. The van der Waals surface area contributed by atoms with Gasteiger partial charge in [-0.05, 0) is 19.1 Å². The Bertz CT molecular complexity index is 355. The molecular weight excluding hydrogens is 206 g/mol. The molecule has 16 heavy (non-hydrogen) atoms. The molecule has 0 aliphatic heterocycles. The van der Waals surface area contributed by atoms with E-state index in [-0.39, 0.29) is 12.5 Å². The van der Waals surface area contributed by atoms with Gasteiger partial charge in [-0.15, -0.1) is 0 Å². The first-order valence-corrected chi connectivity index (χ1v) is 5.08. The number of ether oxygens (including phenoxy) is 1. The number of carbonyl (C=O) groups excluding carboxylic acids is 1. The van der Waals surface area contributed by atoms with Crippen molar-refractivity contribution in [3.05, 3.63) is 29.6 Å². The fourth-order valence-corrected chi connectivity index (χ4v) is 1.26. The maximum Gasteiger partial charge on any atom is 0.239 e. The summed E-state index contributed by atoms with van der Waals surface area (Å²) in [5, 5.41) is 2.70. The Morgan fingerprint density at radius 3 is 3.00 bits per heavy atom. The van der Waals surface area contributed by atoms with E-state index in [0.717, 1.165) is 11.4 Å². The Kier molecular flexibility index (Phi) is 4.88. The largest absolute Gasteiger partial charge is 0.383 e. The van der Waals surface area contributed by atoms with Gasteiger partial charge in [-0.2, -0.15) is 0 Å². The number of pyridine rings is 1. The van der Waals surface area contributed by atoms with Crippen LogP contribution in [0.2, 0.25) is 0 Å². The highest BCUT2D eigenvalue weighted by Crippen LogP contribution is 1.97. The number of hydrogen-bond donors (Lipinski definition) is 2. The van der Waals surface area contributed by atoms with Gasteiger partial charge in [-0.1, -0.05) is 6.07 Å². The van der Waals surface area contributed by atoms with Gasteiger partial charge in [0.1, 0.15) is 6.04 Å². The highest BCUT2D eigenvalue weighted by atomic mass is 16.5. The van der Waals surface area contributed by atoms with E-state index >= 15 is 0 Å². The molecule has 0 aromatic carbocycles. The van der Waals surface area contributed by atoms with Crippen LogP contribution in [0.25, 0.3) is 0 Å². The van der Waals surface area contributed by atoms with E-state index in [4.69, 9.17) is 10.5 Å². The summed E-state index contributed by atoms with van der Waals surface area (Å²) in [6.07, 6.45) is 0. The van der Waals surface area contributed by atoms with Crippen molar-refractivity contribution in [3.63, 3.8) is 0 Å². The molecule has 0 spiro atoms. The summed E-state index contributed by atoms with van der Waals surface area (Å²) in [7, 11) is 1.51. The molecule has 0 saturated carbocycles. The van der Waals surface area contributed by atoms with E-state index < -0.39 is 6.04 Å². The average Bonchev–Trinajstić information content (AvgIpc) is 2.26. The lowest BCUT2D eigenvalue weighted by atomic mass is 10.3. The summed E-state index contributed by atoms with van der Waals surface area (Å²) in [5.41, 5.74) is 7.31. The summed E-state index contributed by atoms with van der Waals surface area (Å²) in [5.74, 6) is -0.231. The molecule has 3 N–H and O–H groups in total. The normalized spacial score (nSPS) is 12.2. The molecule has 0 aliphatic carbocycles. The van der Waals surface area contributed by atoms with Crippen LogP contribution in [0.5, 0.6) is 0 Å². The fraction of sp³-hybridized carbons (Fsp3) is 0.455. The maximum absolute atomic E-state index is 11.4. The van der Waals surface area contributed by atoms with E-state index in [1.54, 1.807) is 0 Å². The molecule has 1 amide bonds. The Morgan fingerprint density at radius 1 is 1.62 bits per heavy atom. The summed E-state index contributed by atoms with van der Waals surface area (Å²) in [4.78, 5) is 15.7. The van der Waals surface area contributed by atoms with Gasteiger partial charge in [0.05, 0.1) is 18.8 Å². The predicted molar refractivity (Wildman–Crippen MR) is 60.7 cm³/mol. The highest BCUT2D eigenvalue weighted by Gasteiger charge is 2.12. The van der Waals surface area contributed by atoms with Gasteiger partial charge in [0.25, 0.3) is 0 Å². The lowest BCUT2D eigenvalue weighted by Crippen LogP contribution is -2.43. The Balaban J connectivity index is 2.42. The van der Waals surface area contributed by atoms with Crippen LogP contribution in [-0.2, 0) is 16.1 Å². The summed E-state index contributed by atoms with van der Waals surface area (Å²) < 4.78 is 4.79. The molecule has 0 radical (unpaired) electrons. The van der Waals surface area contributed by atoms with Crippen molar-refractivity contribution < 1.29 is 9.53 Å². The Labute approximate surface area is 95.0 Å². The second-order valence-corrected chi connectivity index (χ2v) is 3.55. The lowest BCUT2D eigenvalue weighted by Gasteiger charge is -2.10. The number of hydrogen-bond acceptors (Lipinski definition) is 4. The Morgan fingerprint density at radius 2 is 2.38 bits per heavy atom. The molecule has 1 aromatic heterocycles. The third kappa shape index (κ3) is 3.96. The van der Waals surface area contributed by atoms with Crippen LogP contribution in [0, 0.1) is 6.92 Å². The van der Waals surface area contributed by atoms with Gasteiger partial charge in [0.15, 0.2) is 0 Å². The molecule has 1 atom stereocenters. The number of rotatable bonds is 5. The minimum Gasteiger partial charge on any atom is -0.383 e. The number of aromatic nitrogens is 1. The van der Waals surface area contributed by atoms with Crippen molar-refractivity contribution >= 4 is 5.91 Å². The maximum atomic E-state index is 11.4. The van der Waals surface area contributed by atoms with Crippen LogP contribution >= 0.6 is 0 Å². The van der Waals surface area contributed by atoms with E-state index in [2.05, 4.69) is 10.3 Å².